The predicted octanol–water partition coefficient (Wildman–Crippen LogP) is 3.44. The Kier molecular flexibility index (Phi) is 5.36. The summed E-state index contributed by atoms with van der Waals surface area (Å²) in [7, 11) is 0. The van der Waals surface area contributed by atoms with E-state index in [0.29, 0.717) is 5.02 Å². The van der Waals surface area contributed by atoms with Gasteiger partial charge in [0.15, 0.2) is 6.61 Å². The lowest BCUT2D eigenvalue weighted by Gasteiger charge is -2.12. The minimum atomic E-state index is -0.612. The van der Waals surface area contributed by atoms with Crippen molar-refractivity contribution >= 4 is 34.8 Å². The first-order valence-corrected chi connectivity index (χ1v) is 7.58. The van der Waals surface area contributed by atoms with Gasteiger partial charge in [0.25, 0.3) is 5.91 Å². The van der Waals surface area contributed by atoms with Gasteiger partial charge in [0.05, 0.1) is 16.6 Å². The number of halogens is 1. The molecule has 2 rings (SSSR count). The average Bonchev–Trinajstić information content (AvgIpc) is 2.99. The fourth-order valence-electron chi connectivity index (χ4n) is 1.73. The van der Waals surface area contributed by atoms with Crippen molar-refractivity contribution in [2.45, 2.75) is 13.0 Å². The standard InChI is InChI=1S/C15H14ClNO3S/c1-10(13-7-4-8-21-13)17-14(18)9-20-15(19)11-5-2-3-6-12(11)16/h2-8,10H,9H2,1H3,(H,17,18)/t10-/m0/s1. The summed E-state index contributed by atoms with van der Waals surface area (Å²) < 4.78 is 4.96. The molecule has 0 aliphatic carbocycles. The second-order valence-corrected chi connectivity index (χ2v) is 5.75. The van der Waals surface area contributed by atoms with Crippen molar-refractivity contribution in [3.63, 3.8) is 0 Å². The molecule has 0 unspecified atom stereocenters. The van der Waals surface area contributed by atoms with Gasteiger partial charge in [-0.05, 0) is 30.5 Å². The molecule has 0 fully saturated rings. The fourth-order valence-corrected chi connectivity index (χ4v) is 2.67. The van der Waals surface area contributed by atoms with Crippen LogP contribution in [-0.4, -0.2) is 18.5 Å². The SMILES string of the molecule is C[C@H](NC(=O)COC(=O)c1ccccc1Cl)c1cccs1. The van der Waals surface area contributed by atoms with Gasteiger partial charge in [-0.1, -0.05) is 29.8 Å². The van der Waals surface area contributed by atoms with Crippen LogP contribution in [0.5, 0.6) is 0 Å². The molecule has 0 aliphatic heterocycles. The van der Waals surface area contributed by atoms with E-state index in [9.17, 15) is 9.59 Å². The van der Waals surface area contributed by atoms with Crippen molar-refractivity contribution in [1.82, 2.24) is 5.32 Å². The summed E-state index contributed by atoms with van der Waals surface area (Å²) in [5, 5.41) is 5.01. The van der Waals surface area contributed by atoms with E-state index >= 15 is 0 Å². The maximum Gasteiger partial charge on any atom is 0.340 e. The normalized spacial score (nSPS) is 11.7. The van der Waals surface area contributed by atoms with Crippen molar-refractivity contribution in [3.8, 4) is 0 Å². The molecule has 0 aliphatic rings. The van der Waals surface area contributed by atoms with Crippen LogP contribution in [0.2, 0.25) is 5.02 Å². The van der Waals surface area contributed by atoms with Gasteiger partial charge in [-0.15, -0.1) is 11.3 Å². The lowest BCUT2D eigenvalue weighted by molar-refractivity contribution is -0.124. The van der Waals surface area contributed by atoms with Crippen LogP contribution in [0.25, 0.3) is 0 Å². The van der Waals surface area contributed by atoms with E-state index in [1.165, 1.54) is 0 Å². The van der Waals surface area contributed by atoms with Gasteiger partial charge in [-0.25, -0.2) is 4.79 Å². The first-order chi connectivity index (χ1) is 10.1. The van der Waals surface area contributed by atoms with Crippen molar-refractivity contribution in [1.29, 1.82) is 0 Å². The smallest absolute Gasteiger partial charge is 0.340 e. The third kappa shape index (κ3) is 4.31. The third-order valence-electron chi connectivity index (χ3n) is 2.78. The third-order valence-corrected chi connectivity index (χ3v) is 4.16. The highest BCUT2D eigenvalue weighted by atomic mass is 35.5. The van der Waals surface area contributed by atoms with Gasteiger partial charge in [-0.3, -0.25) is 4.79 Å². The molecule has 2 aromatic rings. The maximum atomic E-state index is 11.8. The topological polar surface area (TPSA) is 55.4 Å². The van der Waals surface area contributed by atoms with Gasteiger partial charge in [0.1, 0.15) is 0 Å². The molecule has 1 aromatic heterocycles. The summed E-state index contributed by atoms with van der Waals surface area (Å²) in [6.07, 6.45) is 0. The molecule has 21 heavy (non-hydrogen) atoms. The number of amides is 1. The van der Waals surface area contributed by atoms with Crippen LogP contribution in [0.1, 0.15) is 28.2 Å². The monoisotopic (exact) mass is 323 g/mol. The molecule has 0 saturated carbocycles. The van der Waals surface area contributed by atoms with Crippen molar-refractivity contribution in [3.05, 3.63) is 57.2 Å². The first kappa shape index (κ1) is 15.5. The second-order valence-electron chi connectivity index (χ2n) is 4.36. The number of benzene rings is 1. The molecule has 0 spiro atoms. The molecule has 1 N–H and O–H groups in total. The second kappa shape index (κ2) is 7.24. The minimum absolute atomic E-state index is 0.114. The molecular weight excluding hydrogens is 310 g/mol. The summed E-state index contributed by atoms with van der Waals surface area (Å²) >= 11 is 7.44. The van der Waals surface area contributed by atoms with Gasteiger partial charge < -0.3 is 10.1 Å². The molecule has 0 radical (unpaired) electrons. The van der Waals surface area contributed by atoms with Crippen molar-refractivity contribution < 1.29 is 14.3 Å². The van der Waals surface area contributed by atoms with Crippen LogP contribution in [0.15, 0.2) is 41.8 Å². The van der Waals surface area contributed by atoms with E-state index in [0.717, 1.165) is 4.88 Å². The van der Waals surface area contributed by atoms with Gasteiger partial charge in [0.2, 0.25) is 0 Å². The number of hydrogen-bond acceptors (Lipinski definition) is 4. The zero-order valence-corrected chi connectivity index (χ0v) is 12.9. The number of carbonyl (C=O) groups is 2. The summed E-state index contributed by atoms with van der Waals surface area (Å²) in [5.41, 5.74) is 0.248. The van der Waals surface area contributed by atoms with E-state index in [-0.39, 0.29) is 24.1 Å². The van der Waals surface area contributed by atoms with Crippen LogP contribution >= 0.6 is 22.9 Å². The van der Waals surface area contributed by atoms with Crippen LogP contribution in [0.3, 0.4) is 0 Å². The highest BCUT2D eigenvalue weighted by molar-refractivity contribution is 7.10. The Morgan fingerprint density at radius 3 is 2.71 bits per heavy atom. The molecule has 0 saturated heterocycles. The van der Waals surface area contributed by atoms with Gasteiger partial charge in [0, 0.05) is 4.88 Å². The Labute approximate surface area is 131 Å². The maximum absolute atomic E-state index is 11.8. The van der Waals surface area contributed by atoms with Crippen LogP contribution in [0, 0.1) is 0 Å². The summed E-state index contributed by atoms with van der Waals surface area (Å²) in [6.45, 7) is 1.54. The molecular formula is C15H14ClNO3S. The number of nitrogens with one attached hydrogen (secondary N) is 1. The van der Waals surface area contributed by atoms with E-state index < -0.39 is 5.97 Å². The van der Waals surface area contributed by atoms with E-state index in [2.05, 4.69) is 5.32 Å². The van der Waals surface area contributed by atoms with Crippen molar-refractivity contribution in [2.75, 3.05) is 6.61 Å². The van der Waals surface area contributed by atoms with Crippen LogP contribution < -0.4 is 5.32 Å². The molecule has 1 atom stereocenters. The van der Waals surface area contributed by atoms with E-state index in [1.54, 1.807) is 35.6 Å². The van der Waals surface area contributed by atoms with Gasteiger partial charge in [-0.2, -0.15) is 0 Å². The molecule has 1 amide bonds. The van der Waals surface area contributed by atoms with Gasteiger partial charge >= 0.3 is 5.97 Å². The zero-order chi connectivity index (χ0) is 15.2. The number of esters is 1. The minimum Gasteiger partial charge on any atom is -0.452 e. The number of hydrogen-bond donors (Lipinski definition) is 1. The van der Waals surface area contributed by atoms with Crippen LogP contribution in [-0.2, 0) is 9.53 Å². The zero-order valence-electron chi connectivity index (χ0n) is 11.3. The molecule has 6 heteroatoms. The van der Waals surface area contributed by atoms with E-state index in [4.69, 9.17) is 16.3 Å². The fraction of sp³-hybridized carbons (Fsp3) is 0.200. The van der Waals surface area contributed by atoms with E-state index in [1.807, 2.05) is 24.4 Å². The summed E-state index contributed by atoms with van der Waals surface area (Å²) in [4.78, 5) is 24.6. The number of thiophene rings is 1. The predicted molar refractivity (Wildman–Crippen MR) is 82.6 cm³/mol. The first-order valence-electron chi connectivity index (χ1n) is 6.32. The number of rotatable bonds is 5. The highest BCUT2D eigenvalue weighted by Gasteiger charge is 2.15. The number of ether oxygens (including phenoxy) is 1. The lowest BCUT2D eigenvalue weighted by Crippen LogP contribution is -2.30. The molecule has 1 aromatic carbocycles. The largest absolute Gasteiger partial charge is 0.452 e. The summed E-state index contributed by atoms with van der Waals surface area (Å²) in [5.74, 6) is -0.962. The Morgan fingerprint density at radius 1 is 1.29 bits per heavy atom. The lowest BCUT2D eigenvalue weighted by atomic mass is 10.2. The molecule has 1 heterocycles. The van der Waals surface area contributed by atoms with Crippen molar-refractivity contribution in [2.24, 2.45) is 0 Å². The quantitative estimate of drug-likeness (QED) is 0.858. The number of carbonyl (C=O) groups excluding carboxylic acids is 2. The molecule has 110 valence electrons. The van der Waals surface area contributed by atoms with Crippen LogP contribution in [0.4, 0.5) is 0 Å². The molecule has 4 nitrogen and oxygen atoms in total. The highest BCUT2D eigenvalue weighted by Crippen LogP contribution is 2.18. The molecule has 0 bridgehead atoms. The Hall–Kier alpha value is -1.85. The average molecular weight is 324 g/mol. The Balaban J connectivity index is 1.84. The Bertz CT molecular complexity index is 628. The summed E-state index contributed by atoms with van der Waals surface area (Å²) in [6, 6.07) is 10.3. The Morgan fingerprint density at radius 2 is 2.05 bits per heavy atom.